The van der Waals surface area contributed by atoms with Crippen LogP contribution >= 0.6 is 0 Å². The molecule has 6 heteroatoms. The van der Waals surface area contributed by atoms with E-state index < -0.39 is 11.8 Å². The highest BCUT2D eigenvalue weighted by Crippen LogP contribution is 2.15. The molecule has 2 rings (SSSR count). The number of aromatic carboxylic acids is 1. The van der Waals surface area contributed by atoms with Crippen LogP contribution in [0.4, 0.5) is 10.1 Å². The van der Waals surface area contributed by atoms with Gasteiger partial charge in [0.15, 0.2) is 0 Å². The first-order valence-electron chi connectivity index (χ1n) is 5.63. The Labute approximate surface area is 104 Å². The first-order valence-corrected chi connectivity index (χ1v) is 5.63. The standard InChI is InChI=1S/C12H14FNO4/c13-11-5-8(1-2-10(11)12(15)16)14-6-9-7-17-3-4-18-9/h1-2,5,9,14H,3-4,6-7H2,(H,15,16). The smallest absolute Gasteiger partial charge is 0.338 e. The fourth-order valence-corrected chi connectivity index (χ4v) is 1.68. The van der Waals surface area contributed by atoms with Crippen molar-refractivity contribution >= 4 is 11.7 Å². The predicted octanol–water partition coefficient (Wildman–Crippen LogP) is 1.35. The van der Waals surface area contributed by atoms with Crippen LogP contribution < -0.4 is 5.32 Å². The fraction of sp³-hybridized carbons (Fsp3) is 0.417. The van der Waals surface area contributed by atoms with Crippen LogP contribution in [-0.4, -0.2) is 43.5 Å². The molecule has 98 valence electrons. The van der Waals surface area contributed by atoms with E-state index in [1.807, 2.05) is 0 Å². The molecule has 1 saturated heterocycles. The van der Waals surface area contributed by atoms with Crippen molar-refractivity contribution in [3.63, 3.8) is 0 Å². The Kier molecular flexibility index (Phi) is 4.11. The minimum absolute atomic E-state index is 0.0686. The van der Waals surface area contributed by atoms with Gasteiger partial charge in [0.05, 0.1) is 31.5 Å². The summed E-state index contributed by atoms with van der Waals surface area (Å²) in [5.41, 5.74) is 0.185. The van der Waals surface area contributed by atoms with Gasteiger partial charge in [-0.2, -0.15) is 0 Å². The second kappa shape index (κ2) is 5.79. The molecule has 1 aliphatic heterocycles. The molecule has 1 aromatic carbocycles. The summed E-state index contributed by atoms with van der Waals surface area (Å²) in [7, 11) is 0. The lowest BCUT2D eigenvalue weighted by molar-refractivity contribution is -0.0818. The monoisotopic (exact) mass is 255 g/mol. The lowest BCUT2D eigenvalue weighted by atomic mass is 10.2. The molecule has 0 aliphatic carbocycles. The van der Waals surface area contributed by atoms with E-state index in [0.717, 1.165) is 6.07 Å². The van der Waals surface area contributed by atoms with Gasteiger partial charge >= 0.3 is 5.97 Å². The molecule has 0 aromatic heterocycles. The van der Waals surface area contributed by atoms with E-state index >= 15 is 0 Å². The van der Waals surface area contributed by atoms with E-state index in [9.17, 15) is 9.18 Å². The van der Waals surface area contributed by atoms with Crippen molar-refractivity contribution in [3.05, 3.63) is 29.6 Å². The third-order valence-electron chi connectivity index (χ3n) is 2.62. The van der Waals surface area contributed by atoms with Gasteiger partial charge in [-0.3, -0.25) is 0 Å². The SMILES string of the molecule is O=C(O)c1ccc(NCC2COCCO2)cc1F. The maximum Gasteiger partial charge on any atom is 0.338 e. The Morgan fingerprint density at radius 1 is 1.50 bits per heavy atom. The van der Waals surface area contributed by atoms with Crippen molar-refractivity contribution in [1.82, 2.24) is 0 Å². The molecule has 5 nitrogen and oxygen atoms in total. The molecular formula is C12H14FNO4. The number of nitrogens with one attached hydrogen (secondary N) is 1. The van der Waals surface area contributed by atoms with E-state index in [4.69, 9.17) is 14.6 Å². The molecule has 0 saturated carbocycles. The molecule has 0 spiro atoms. The van der Waals surface area contributed by atoms with Crippen LogP contribution in [-0.2, 0) is 9.47 Å². The summed E-state index contributed by atoms with van der Waals surface area (Å²) in [6.45, 7) is 2.14. The summed E-state index contributed by atoms with van der Waals surface area (Å²) in [5, 5.41) is 11.7. The van der Waals surface area contributed by atoms with Crippen LogP contribution in [0.2, 0.25) is 0 Å². The minimum Gasteiger partial charge on any atom is -0.478 e. The summed E-state index contributed by atoms with van der Waals surface area (Å²) >= 11 is 0. The molecule has 0 radical (unpaired) electrons. The molecule has 2 N–H and O–H groups in total. The number of rotatable bonds is 4. The van der Waals surface area contributed by atoms with Crippen LogP contribution in [0.1, 0.15) is 10.4 Å². The van der Waals surface area contributed by atoms with Crippen molar-refractivity contribution in [1.29, 1.82) is 0 Å². The first kappa shape index (κ1) is 12.8. The lowest BCUT2D eigenvalue weighted by Gasteiger charge is -2.23. The number of carboxylic acid groups (broad SMARTS) is 1. The number of carbonyl (C=O) groups is 1. The molecular weight excluding hydrogens is 241 g/mol. The molecule has 0 bridgehead atoms. The summed E-state index contributed by atoms with van der Waals surface area (Å²) in [4.78, 5) is 10.6. The average Bonchev–Trinajstić information content (AvgIpc) is 2.37. The van der Waals surface area contributed by atoms with Gasteiger partial charge in [0.2, 0.25) is 0 Å². The van der Waals surface area contributed by atoms with Gasteiger partial charge in [-0.1, -0.05) is 0 Å². The summed E-state index contributed by atoms with van der Waals surface area (Å²) < 4.78 is 24.0. The highest BCUT2D eigenvalue weighted by Gasteiger charge is 2.15. The number of hydrogen-bond donors (Lipinski definition) is 2. The maximum atomic E-state index is 13.4. The average molecular weight is 255 g/mol. The third-order valence-corrected chi connectivity index (χ3v) is 2.62. The van der Waals surface area contributed by atoms with E-state index in [0.29, 0.717) is 32.1 Å². The Balaban J connectivity index is 1.93. The normalized spacial score (nSPS) is 19.5. The van der Waals surface area contributed by atoms with Crippen molar-refractivity contribution in [3.8, 4) is 0 Å². The van der Waals surface area contributed by atoms with Crippen LogP contribution in [0, 0.1) is 5.82 Å². The van der Waals surface area contributed by atoms with Crippen LogP contribution in [0.25, 0.3) is 0 Å². The van der Waals surface area contributed by atoms with E-state index in [1.54, 1.807) is 0 Å². The topological polar surface area (TPSA) is 67.8 Å². The summed E-state index contributed by atoms with van der Waals surface area (Å²) in [6, 6.07) is 3.92. The third kappa shape index (κ3) is 3.18. The number of hydrogen-bond acceptors (Lipinski definition) is 4. The Morgan fingerprint density at radius 3 is 2.94 bits per heavy atom. The molecule has 18 heavy (non-hydrogen) atoms. The molecule has 1 unspecified atom stereocenters. The maximum absolute atomic E-state index is 13.4. The quantitative estimate of drug-likeness (QED) is 0.850. The molecule has 1 atom stereocenters. The van der Waals surface area contributed by atoms with E-state index in [-0.39, 0.29) is 11.7 Å². The first-order chi connectivity index (χ1) is 8.66. The molecule has 1 aliphatic rings. The molecule has 1 aromatic rings. The van der Waals surface area contributed by atoms with Crippen LogP contribution in [0.15, 0.2) is 18.2 Å². The highest BCUT2D eigenvalue weighted by atomic mass is 19.1. The van der Waals surface area contributed by atoms with E-state index in [1.165, 1.54) is 12.1 Å². The lowest BCUT2D eigenvalue weighted by Crippen LogP contribution is -2.34. The largest absolute Gasteiger partial charge is 0.478 e. The predicted molar refractivity (Wildman–Crippen MR) is 62.4 cm³/mol. The van der Waals surface area contributed by atoms with Gasteiger partial charge in [0.25, 0.3) is 0 Å². The summed E-state index contributed by atoms with van der Waals surface area (Å²) in [5.74, 6) is -2.03. The number of anilines is 1. The number of benzene rings is 1. The molecule has 0 amide bonds. The summed E-state index contributed by atoms with van der Waals surface area (Å²) in [6.07, 6.45) is -0.0686. The fourth-order valence-electron chi connectivity index (χ4n) is 1.68. The van der Waals surface area contributed by atoms with Crippen molar-refractivity contribution in [2.45, 2.75) is 6.10 Å². The number of halogens is 1. The van der Waals surface area contributed by atoms with Crippen molar-refractivity contribution in [2.75, 3.05) is 31.7 Å². The van der Waals surface area contributed by atoms with Gasteiger partial charge in [-0.15, -0.1) is 0 Å². The number of carboxylic acids is 1. The molecule has 1 heterocycles. The van der Waals surface area contributed by atoms with Gasteiger partial charge in [0.1, 0.15) is 5.82 Å². The Morgan fingerprint density at radius 2 is 2.33 bits per heavy atom. The van der Waals surface area contributed by atoms with Crippen molar-refractivity contribution < 1.29 is 23.8 Å². The Bertz CT molecular complexity index is 432. The van der Waals surface area contributed by atoms with Gasteiger partial charge in [-0.25, -0.2) is 9.18 Å². The second-order valence-electron chi connectivity index (χ2n) is 3.95. The highest BCUT2D eigenvalue weighted by molar-refractivity contribution is 5.88. The van der Waals surface area contributed by atoms with E-state index in [2.05, 4.69) is 5.32 Å². The number of ether oxygens (including phenoxy) is 2. The van der Waals surface area contributed by atoms with Crippen molar-refractivity contribution in [2.24, 2.45) is 0 Å². The van der Waals surface area contributed by atoms with Crippen LogP contribution in [0.3, 0.4) is 0 Å². The zero-order chi connectivity index (χ0) is 13.0. The van der Waals surface area contributed by atoms with Gasteiger partial charge < -0.3 is 19.9 Å². The zero-order valence-electron chi connectivity index (χ0n) is 9.69. The van der Waals surface area contributed by atoms with Gasteiger partial charge in [-0.05, 0) is 18.2 Å². The molecule has 1 fully saturated rings. The minimum atomic E-state index is -1.27. The van der Waals surface area contributed by atoms with Gasteiger partial charge in [0, 0.05) is 12.2 Å². The zero-order valence-corrected chi connectivity index (χ0v) is 9.69. The second-order valence-corrected chi connectivity index (χ2v) is 3.95. The Hall–Kier alpha value is -1.66. The van der Waals surface area contributed by atoms with Crippen LogP contribution in [0.5, 0.6) is 0 Å².